The van der Waals surface area contributed by atoms with Crippen LogP contribution in [-0.4, -0.2) is 16.4 Å². The highest BCUT2D eigenvalue weighted by molar-refractivity contribution is 6.06. The molecular formula is C19H14N2O3. The molecule has 1 aliphatic heterocycles. The summed E-state index contributed by atoms with van der Waals surface area (Å²) in [4.78, 5) is 37.5. The Morgan fingerprint density at radius 2 is 1.62 bits per heavy atom. The number of amides is 1. The van der Waals surface area contributed by atoms with Gasteiger partial charge in [0.15, 0.2) is 0 Å². The molecule has 1 aliphatic rings. The second-order valence-electron chi connectivity index (χ2n) is 5.72. The minimum absolute atomic E-state index is 0.0589. The minimum Gasteiger partial charge on any atom is -0.317 e. The van der Waals surface area contributed by atoms with Gasteiger partial charge >= 0.3 is 0 Å². The molecule has 0 fully saturated rings. The molecule has 24 heavy (non-hydrogen) atoms. The van der Waals surface area contributed by atoms with E-state index in [-0.39, 0.29) is 22.9 Å². The number of rotatable bonds is 2. The van der Waals surface area contributed by atoms with Crippen molar-refractivity contribution in [3.63, 3.8) is 0 Å². The van der Waals surface area contributed by atoms with E-state index in [0.717, 1.165) is 0 Å². The summed E-state index contributed by atoms with van der Waals surface area (Å²) in [7, 11) is 0. The van der Waals surface area contributed by atoms with Crippen molar-refractivity contribution in [3.05, 3.63) is 76.1 Å². The molecule has 0 bridgehead atoms. The van der Waals surface area contributed by atoms with Crippen molar-refractivity contribution in [3.8, 4) is 0 Å². The van der Waals surface area contributed by atoms with E-state index in [4.69, 9.17) is 0 Å². The number of hydrogen-bond donors (Lipinski definition) is 1. The Balaban J connectivity index is 1.91. The number of hydrogen-bond acceptors (Lipinski definition) is 3. The summed E-state index contributed by atoms with van der Waals surface area (Å²) in [5.41, 5.74) is 1.59. The molecule has 0 saturated heterocycles. The van der Waals surface area contributed by atoms with E-state index < -0.39 is 0 Å². The summed E-state index contributed by atoms with van der Waals surface area (Å²) in [5.74, 6) is -0.415. The lowest BCUT2D eigenvalue weighted by atomic mass is 10.1. The number of carbonyl (C=O) groups excluding carboxylic acids is 2. The van der Waals surface area contributed by atoms with Crippen molar-refractivity contribution < 1.29 is 9.59 Å². The van der Waals surface area contributed by atoms with E-state index in [1.165, 1.54) is 0 Å². The lowest BCUT2D eigenvalue weighted by Gasteiger charge is -2.13. The first-order valence-corrected chi connectivity index (χ1v) is 7.73. The highest BCUT2D eigenvalue weighted by Crippen LogP contribution is 2.26. The number of nitrogens with zero attached hydrogens (tertiary/aromatic N) is 1. The van der Waals surface area contributed by atoms with Crippen LogP contribution in [0.3, 0.4) is 0 Å². The number of benzene rings is 2. The molecule has 0 unspecified atom stereocenters. The van der Waals surface area contributed by atoms with Gasteiger partial charge < -0.3 is 5.32 Å². The van der Waals surface area contributed by atoms with Gasteiger partial charge in [0, 0.05) is 17.4 Å². The summed E-state index contributed by atoms with van der Waals surface area (Å²) in [6.45, 7) is 0. The number of para-hydroxylation sites is 1. The second-order valence-corrected chi connectivity index (χ2v) is 5.72. The summed E-state index contributed by atoms with van der Waals surface area (Å²) in [5, 5.41) is 3.15. The van der Waals surface area contributed by atoms with E-state index in [1.807, 2.05) is 6.07 Å². The molecule has 0 aliphatic carbocycles. The number of pyridine rings is 1. The smallest absolute Gasteiger partial charge is 0.255 e. The molecule has 3 aromatic rings. The quantitative estimate of drug-likeness (QED) is 0.790. The summed E-state index contributed by atoms with van der Waals surface area (Å²) < 4.78 is 1.55. The second kappa shape index (κ2) is 5.45. The van der Waals surface area contributed by atoms with Crippen LogP contribution in [-0.2, 0) is 6.42 Å². The fraction of sp³-hybridized carbons (Fsp3) is 0.105. The lowest BCUT2D eigenvalue weighted by molar-refractivity contribution is 0.0927. The standard InChI is InChI=1S/C19H14N2O3/c22-16-11-10-15-17(20-19(24)12-6-2-1-3-7-12)18(23)13-8-4-5-9-14(13)21(15)16/h1-9H,10-11H2,(H,20,24). The van der Waals surface area contributed by atoms with Crippen LogP contribution in [0.1, 0.15) is 27.3 Å². The summed E-state index contributed by atoms with van der Waals surface area (Å²) in [6.07, 6.45) is 0.783. The van der Waals surface area contributed by atoms with E-state index in [1.54, 1.807) is 53.1 Å². The van der Waals surface area contributed by atoms with Crippen molar-refractivity contribution in [2.45, 2.75) is 12.8 Å². The first-order chi connectivity index (χ1) is 11.7. The lowest BCUT2D eigenvalue weighted by Crippen LogP contribution is -2.23. The fourth-order valence-electron chi connectivity index (χ4n) is 3.15. The van der Waals surface area contributed by atoms with Gasteiger partial charge in [0.2, 0.25) is 11.3 Å². The average Bonchev–Trinajstić information content (AvgIpc) is 3.01. The van der Waals surface area contributed by atoms with Gasteiger partial charge in [-0.25, -0.2) is 0 Å². The number of anilines is 1. The molecule has 2 aromatic carbocycles. The molecule has 1 aromatic heterocycles. The molecule has 0 atom stereocenters. The molecule has 5 heteroatoms. The van der Waals surface area contributed by atoms with Crippen LogP contribution in [0, 0.1) is 0 Å². The zero-order chi connectivity index (χ0) is 16.7. The maximum atomic E-state index is 12.8. The molecule has 1 N–H and O–H groups in total. The largest absolute Gasteiger partial charge is 0.317 e. The van der Waals surface area contributed by atoms with E-state index in [0.29, 0.717) is 35.0 Å². The van der Waals surface area contributed by atoms with Crippen LogP contribution in [0.4, 0.5) is 5.69 Å². The maximum absolute atomic E-state index is 12.8. The SMILES string of the molecule is O=C(Nc1c2n(c3ccccc3c1=O)C(=O)CC2)c1ccccc1. The van der Waals surface area contributed by atoms with Crippen molar-refractivity contribution in [2.24, 2.45) is 0 Å². The monoisotopic (exact) mass is 318 g/mol. The van der Waals surface area contributed by atoms with Gasteiger partial charge in [-0.15, -0.1) is 0 Å². The number of aromatic nitrogens is 1. The number of fused-ring (bicyclic) bond motifs is 3. The minimum atomic E-state index is -0.356. The van der Waals surface area contributed by atoms with E-state index >= 15 is 0 Å². The first-order valence-electron chi connectivity index (χ1n) is 7.73. The number of nitrogens with one attached hydrogen (secondary N) is 1. The van der Waals surface area contributed by atoms with Gasteiger partial charge in [-0.1, -0.05) is 30.3 Å². The van der Waals surface area contributed by atoms with Gasteiger partial charge in [-0.3, -0.25) is 19.0 Å². The normalized spacial score (nSPS) is 13.1. The first kappa shape index (κ1) is 14.4. The van der Waals surface area contributed by atoms with Crippen LogP contribution in [0.2, 0.25) is 0 Å². The Labute approximate surface area is 137 Å². The average molecular weight is 318 g/mol. The molecule has 2 heterocycles. The van der Waals surface area contributed by atoms with Crippen LogP contribution in [0.25, 0.3) is 10.9 Å². The molecule has 118 valence electrons. The van der Waals surface area contributed by atoms with Gasteiger partial charge in [0.25, 0.3) is 5.91 Å². The Bertz CT molecular complexity index is 1040. The Hall–Kier alpha value is -3.21. The van der Waals surface area contributed by atoms with Gasteiger partial charge in [0.1, 0.15) is 5.69 Å². The van der Waals surface area contributed by atoms with E-state index in [2.05, 4.69) is 5.32 Å². The van der Waals surface area contributed by atoms with Crippen molar-refractivity contribution in [1.29, 1.82) is 0 Å². The molecule has 0 saturated carbocycles. The zero-order valence-electron chi connectivity index (χ0n) is 12.8. The van der Waals surface area contributed by atoms with E-state index in [9.17, 15) is 14.4 Å². The predicted octanol–water partition coefficient (Wildman–Crippen LogP) is 2.84. The molecular weight excluding hydrogens is 304 g/mol. The summed E-state index contributed by atoms with van der Waals surface area (Å²) >= 11 is 0. The molecule has 0 spiro atoms. The van der Waals surface area contributed by atoms with Crippen LogP contribution in [0.15, 0.2) is 59.4 Å². The topological polar surface area (TPSA) is 68.2 Å². The fourth-order valence-corrected chi connectivity index (χ4v) is 3.15. The van der Waals surface area contributed by atoms with Crippen molar-refractivity contribution in [2.75, 3.05) is 5.32 Å². The third-order valence-corrected chi connectivity index (χ3v) is 4.27. The van der Waals surface area contributed by atoms with Gasteiger partial charge in [-0.05, 0) is 30.7 Å². The summed E-state index contributed by atoms with van der Waals surface area (Å²) in [6, 6.07) is 15.7. The number of carbonyl (C=O) groups is 2. The van der Waals surface area contributed by atoms with Crippen molar-refractivity contribution >= 4 is 28.4 Å². The van der Waals surface area contributed by atoms with Crippen LogP contribution < -0.4 is 10.7 Å². The Morgan fingerprint density at radius 1 is 0.917 bits per heavy atom. The third-order valence-electron chi connectivity index (χ3n) is 4.27. The third kappa shape index (κ3) is 2.13. The predicted molar refractivity (Wildman–Crippen MR) is 91.6 cm³/mol. The van der Waals surface area contributed by atoms with Crippen molar-refractivity contribution in [1.82, 2.24) is 4.57 Å². The van der Waals surface area contributed by atoms with Crippen LogP contribution >= 0.6 is 0 Å². The zero-order valence-corrected chi connectivity index (χ0v) is 12.8. The Kier molecular flexibility index (Phi) is 3.27. The molecule has 4 rings (SSSR count). The van der Waals surface area contributed by atoms with Crippen LogP contribution in [0.5, 0.6) is 0 Å². The highest BCUT2D eigenvalue weighted by atomic mass is 16.2. The van der Waals surface area contributed by atoms with Gasteiger partial charge in [0.05, 0.1) is 11.2 Å². The highest BCUT2D eigenvalue weighted by Gasteiger charge is 2.27. The Morgan fingerprint density at radius 3 is 2.42 bits per heavy atom. The van der Waals surface area contributed by atoms with Gasteiger partial charge in [-0.2, -0.15) is 0 Å². The maximum Gasteiger partial charge on any atom is 0.255 e. The molecule has 0 radical (unpaired) electrons. The molecule has 5 nitrogen and oxygen atoms in total. The molecule has 1 amide bonds.